The number of aromatic nitrogens is 2. The van der Waals surface area contributed by atoms with E-state index < -0.39 is 17.9 Å². The van der Waals surface area contributed by atoms with Crippen molar-refractivity contribution in [2.75, 3.05) is 5.32 Å². The first kappa shape index (κ1) is 22.0. The van der Waals surface area contributed by atoms with Gasteiger partial charge in [-0.3, -0.25) is 4.79 Å². The van der Waals surface area contributed by atoms with E-state index in [1.54, 1.807) is 32.0 Å². The number of rotatable bonds is 6. The Morgan fingerprint density at radius 1 is 1.31 bits per heavy atom. The van der Waals surface area contributed by atoms with E-state index in [2.05, 4.69) is 15.3 Å². The van der Waals surface area contributed by atoms with Gasteiger partial charge in [-0.05, 0) is 31.5 Å². The molecule has 0 spiro atoms. The molecule has 0 radical (unpaired) electrons. The topological polar surface area (TPSA) is 118 Å². The molecule has 0 saturated carbocycles. The van der Waals surface area contributed by atoms with Crippen LogP contribution in [0.5, 0.6) is 0 Å². The van der Waals surface area contributed by atoms with Gasteiger partial charge in [0.15, 0.2) is 0 Å². The maximum absolute atomic E-state index is 11.3. The molecular formula is C16H17Cl3N4O3. The van der Waals surface area contributed by atoms with Gasteiger partial charge >= 0.3 is 5.97 Å². The van der Waals surface area contributed by atoms with Crippen LogP contribution in [0.3, 0.4) is 0 Å². The Morgan fingerprint density at radius 3 is 2.50 bits per heavy atom. The quantitative estimate of drug-likeness (QED) is 0.662. The Bertz CT molecular complexity index is 846. The van der Waals surface area contributed by atoms with Gasteiger partial charge in [0.2, 0.25) is 11.7 Å². The molecule has 0 fully saturated rings. The first-order valence-electron chi connectivity index (χ1n) is 7.29. The normalized spacial score (nSPS) is 11.4. The van der Waals surface area contributed by atoms with Gasteiger partial charge in [-0.15, -0.1) is 12.4 Å². The summed E-state index contributed by atoms with van der Waals surface area (Å²) in [5.41, 5.74) is 7.10. The Kier molecular flexibility index (Phi) is 7.62. The highest BCUT2D eigenvalue weighted by molar-refractivity contribution is 6.35. The zero-order valence-corrected chi connectivity index (χ0v) is 16.2. The highest BCUT2D eigenvalue weighted by Gasteiger charge is 2.19. The predicted octanol–water partition coefficient (Wildman–Crippen LogP) is 3.09. The van der Waals surface area contributed by atoms with E-state index in [-0.39, 0.29) is 24.0 Å². The molecule has 10 heteroatoms. The van der Waals surface area contributed by atoms with E-state index in [0.29, 0.717) is 27.7 Å². The summed E-state index contributed by atoms with van der Waals surface area (Å²) in [6.07, 6.45) is 0.329. The molecule has 1 amide bonds. The van der Waals surface area contributed by atoms with E-state index in [1.807, 2.05) is 0 Å². The van der Waals surface area contributed by atoms with E-state index in [9.17, 15) is 9.59 Å². The van der Waals surface area contributed by atoms with Crippen LogP contribution < -0.4 is 11.1 Å². The molecule has 0 aliphatic rings. The van der Waals surface area contributed by atoms with Gasteiger partial charge in [0.25, 0.3) is 0 Å². The van der Waals surface area contributed by atoms with Gasteiger partial charge in [-0.2, -0.15) is 0 Å². The molecule has 4 N–H and O–H groups in total. The third-order valence-corrected chi connectivity index (χ3v) is 4.15. The summed E-state index contributed by atoms with van der Waals surface area (Å²) < 4.78 is 0. The Hall–Kier alpha value is -2.09. The van der Waals surface area contributed by atoms with Crippen LogP contribution in [-0.4, -0.2) is 33.0 Å². The van der Waals surface area contributed by atoms with Crippen LogP contribution in [-0.2, 0) is 11.2 Å². The number of halogens is 3. The predicted molar refractivity (Wildman–Crippen MR) is 103 cm³/mol. The third kappa shape index (κ3) is 5.20. The maximum Gasteiger partial charge on any atom is 0.374 e. The number of hydrogen-bond acceptors (Lipinski definition) is 5. The fourth-order valence-corrected chi connectivity index (χ4v) is 2.63. The van der Waals surface area contributed by atoms with Crippen LogP contribution in [0, 0.1) is 6.92 Å². The smallest absolute Gasteiger partial charge is 0.374 e. The van der Waals surface area contributed by atoms with Crippen LogP contribution >= 0.6 is 35.6 Å². The highest BCUT2D eigenvalue weighted by Crippen LogP contribution is 2.27. The van der Waals surface area contributed by atoms with Gasteiger partial charge in [-0.1, -0.05) is 29.3 Å². The lowest BCUT2D eigenvalue weighted by atomic mass is 10.0. The summed E-state index contributed by atoms with van der Waals surface area (Å²) in [5.74, 6) is -2.01. The summed E-state index contributed by atoms with van der Waals surface area (Å²) in [6, 6.07) is 4.33. The van der Waals surface area contributed by atoms with Crippen molar-refractivity contribution in [1.82, 2.24) is 9.97 Å². The van der Waals surface area contributed by atoms with Crippen molar-refractivity contribution in [1.29, 1.82) is 0 Å². The number of carbonyl (C=O) groups is 2. The minimum atomic E-state index is -1.27. The van der Waals surface area contributed by atoms with Crippen molar-refractivity contribution < 1.29 is 14.7 Å². The average Bonchev–Trinajstić information content (AvgIpc) is 2.51. The van der Waals surface area contributed by atoms with Crippen molar-refractivity contribution in [3.8, 4) is 0 Å². The van der Waals surface area contributed by atoms with Gasteiger partial charge < -0.3 is 16.2 Å². The standard InChI is InChI=1S/C16H16Cl2N4O3.ClH/c1-7-11(5-9-3-4-10(17)6-12(9)18)14(21-8(2)13(19)23)22-15(20-7)16(24)25;/h3-4,6,8H,5H2,1-2H3,(H2,19,23)(H,24,25)(H,20,21,22);1H/t8-;/m0./s1. The molecule has 0 saturated heterocycles. The van der Waals surface area contributed by atoms with Gasteiger partial charge in [0.1, 0.15) is 11.9 Å². The van der Waals surface area contributed by atoms with Crippen LogP contribution in [0.1, 0.15) is 34.4 Å². The Labute approximate surface area is 166 Å². The van der Waals surface area contributed by atoms with Crippen LogP contribution in [0.25, 0.3) is 0 Å². The van der Waals surface area contributed by atoms with Crippen LogP contribution in [0.4, 0.5) is 5.82 Å². The molecular weight excluding hydrogens is 403 g/mol. The molecule has 0 aliphatic heterocycles. The summed E-state index contributed by atoms with van der Waals surface area (Å²) in [5, 5.41) is 13.0. The average molecular weight is 420 g/mol. The molecule has 2 rings (SSSR count). The van der Waals surface area contributed by atoms with Crippen molar-refractivity contribution in [2.45, 2.75) is 26.3 Å². The number of benzene rings is 1. The summed E-state index contributed by atoms with van der Waals surface area (Å²) in [7, 11) is 0. The Balaban J connectivity index is 0.00000338. The molecule has 1 aromatic carbocycles. The van der Waals surface area contributed by atoms with Crippen molar-refractivity contribution >= 4 is 53.3 Å². The number of carboxylic acid groups (broad SMARTS) is 1. The number of nitrogens with one attached hydrogen (secondary N) is 1. The molecule has 140 valence electrons. The molecule has 7 nitrogen and oxygen atoms in total. The molecule has 0 unspecified atom stereocenters. The summed E-state index contributed by atoms with van der Waals surface area (Å²) in [4.78, 5) is 30.5. The maximum atomic E-state index is 11.3. The van der Waals surface area contributed by atoms with Gasteiger partial charge in [0.05, 0.1) is 0 Å². The van der Waals surface area contributed by atoms with Gasteiger partial charge in [0, 0.05) is 27.7 Å². The molecule has 2 aromatic rings. The van der Waals surface area contributed by atoms with Gasteiger partial charge in [-0.25, -0.2) is 14.8 Å². The Morgan fingerprint density at radius 2 is 1.96 bits per heavy atom. The van der Waals surface area contributed by atoms with E-state index >= 15 is 0 Å². The fraction of sp³-hybridized carbons (Fsp3) is 0.250. The first-order valence-corrected chi connectivity index (χ1v) is 8.05. The summed E-state index contributed by atoms with van der Waals surface area (Å²) >= 11 is 12.1. The lowest BCUT2D eigenvalue weighted by Gasteiger charge is -2.17. The van der Waals surface area contributed by atoms with Crippen LogP contribution in [0.15, 0.2) is 18.2 Å². The second-order valence-electron chi connectivity index (χ2n) is 5.45. The lowest BCUT2D eigenvalue weighted by Crippen LogP contribution is -2.33. The van der Waals surface area contributed by atoms with Crippen molar-refractivity contribution in [2.24, 2.45) is 5.73 Å². The number of nitrogens with two attached hydrogens (primary N) is 1. The summed E-state index contributed by atoms with van der Waals surface area (Å²) in [6.45, 7) is 3.21. The monoisotopic (exact) mass is 418 g/mol. The minimum Gasteiger partial charge on any atom is -0.475 e. The van der Waals surface area contributed by atoms with E-state index in [4.69, 9.17) is 34.0 Å². The SMILES string of the molecule is Cc1nc(C(=O)O)nc(N[C@@H](C)C(N)=O)c1Cc1ccc(Cl)cc1Cl.Cl. The van der Waals surface area contributed by atoms with Crippen LogP contribution in [0.2, 0.25) is 10.0 Å². The number of aromatic carboxylic acids is 1. The number of nitrogens with zero attached hydrogens (tertiary/aromatic N) is 2. The zero-order valence-electron chi connectivity index (χ0n) is 13.9. The molecule has 1 aromatic heterocycles. The molecule has 1 heterocycles. The van der Waals surface area contributed by atoms with E-state index in [1.165, 1.54) is 0 Å². The van der Waals surface area contributed by atoms with Crippen molar-refractivity contribution in [3.05, 3.63) is 50.9 Å². The number of primary amides is 1. The zero-order chi connectivity index (χ0) is 18.7. The lowest BCUT2D eigenvalue weighted by molar-refractivity contribution is -0.118. The molecule has 1 atom stereocenters. The number of aryl methyl sites for hydroxylation is 1. The largest absolute Gasteiger partial charge is 0.475 e. The second kappa shape index (κ2) is 9.02. The minimum absolute atomic E-state index is 0. The fourth-order valence-electron chi connectivity index (χ4n) is 2.15. The van der Waals surface area contributed by atoms with Crippen molar-refractivity contribution in [3.63, 3.8) is 0 Å². The third-order valence-electron chi connectivity index (χ3n) is 3.57. The molecule has 26 heavy (non-hydrogen) atoms. The number of carbonyl (C=O) groups excluding carboxylic acids is 1. The highest BCUT2D eigenvalue weighted by atomic mass is 35.5. The number of carboxylic acids is 1. The molecule has 0 aliphatic carbocycles. The van der Waals surface area contributed by atoms with E-state index in [0.717, 1.165) is 5.56 Å². The number of amides is 1. The second-order valence-corrected chi connectivity index (χ2v) is 6.29. The first-order chi connectivity index (χ1) is 11.7. The number of hydrogen-bond donors (Lipinski definition) is 3. The molecule has 0 bridgehead atoms. The number of anilines is 1.